The Morgan fingerprint density at radius 1 is 0.730 bits per heavy atom. The third-order valence-electron chi connectivity index (χ3n) is 8.35. The molecular formula is C34H43NO2. The van der Waals surface area contributed by atoms with E-state index in [0.29, 0.717) is 12.4 Å². The van der Waals surface area contributed by atoms with Gasteiger partial charge in [-0.2, -0.15) is 0 Å². The highest BCUT2D eigenvalue weighted by Crippen LogP contribution is 2.47. The minimum absolute atomic E-state index is 0.165. The number of ether oxygens (including phenoxy) is 1. The lowest BCUT2D eigenvalue weighted by atomic mass is 9.75. The number of rotatable bonds is 12. The summed E-state index contributed by atoms with van der Waals surface area (Å²) in [4.78, 5) is 2.64. The van der Waals surface area contributed by atoms with Crippen LogP contribution in [0.1, 0.15) is 91.9 Å². The molecule has 37 heavy (non-hydrogen) atoms. The molecule has 5 rings (SSSR count). The molecule has 0 saturated carbocycles. The van der Waals surface area contributed by atoms with Crippen LogP contribution in [0.15, 0.2) is 72.8 Å². The molecule has 1 N–H and O–H groups in total. The summed E-state index contributed by atoms with van der Waals surface area (Å²) in [6.07, 6.45) is 13.5. The van der Waals surface area contributed by atoms with Gasteiger partial charge in [0.15, 0.2) is 0 Å². The van der Waals surface area contributed by atoms with Gasteiger partial charge < -0.3 is 14.7 Å². The van der Waals surface area contributed by atoms with Gasteiger partial charge in [-0.15, -0.1) is 0 Å². The molecule has 196 valence electrons. The average molecular weight is 498 g/mol. The standard InChI is InChI=1S/C34H43NO2/c36-30-20-21-33-31(25-30)34(32(26-37-33)28-14-8-6-9-15-28)29-18-16-27(17-19-29)13-7-4-2-1-3-5-10-22-35-23-11-12-24-35/h6,8-9,14-21,25,32,34,36H,1-5,7,10-13,22-24,26H2/t32-,34-/m0/s1. The molecular weight excluding hydrogens is 454 g/mol. The summed E-state index contributed by atoms with van der Waals surface area (Å²) in [5.74, 6) is 1.56. The average Bonchev–Trinajstić information content (AvgIpc) is 3.46. The van der Waals surface area contributed by atoms with Crippen molar-refractivity contribution in [3.8, 4) is 11.5 Å². The third-order valence-corrected chi connectivity index (χ3v) is 8.35. The summed E-state index contributed by atoms with van der Waals surface area (Å²) in [7, 11) is 0. The monoisotopic (exact) mass is 497 g/mol. The van der Waals surface area contributed by atoms with Crippen molar-refractivity contribution in [1.82, 2.24) is 4.90 Å². The van der Waals surface area contributed by atoms with Gasteiger partial charge in [0.25, 0.3) is 0 Å². The topological polar surface area (TPSA) is 32.7 Å². The maximum absolute atomic E-state index is 10.2. The molecule has 2 aliphatic heterocycles. The van der Waals surface area contributed by atoms with E-state index in [1.807, 2.05) is 12.1 Å². The molecule has 0 aromatic heterocycles. The van der Waals surface area contributed by atoms with Gasteiger partial charge in [-0.25, -0.2) is 0 Å². The Kier molecular flexibility index (Phi) is 9.18. The highest BCUT2D eigenvalue weighted by molar-refractivity contribution is 5.50. The molecule has 1 saturated heterocycles. The quantitative estimate of drug-likeness (QED) is 0.257. The molecule has 1 fully saturated rings. The van der Waals surface area contributed by atoms with Crippen molar-refractivity contribution in [2.45, 2.75) is 76.0 Å². The zero-order chi connectivity index (χ0) is 25.3. The highest BCUT2D eigenvalue weighted by Gasteiger charge is 2.33. The molecule has 0 bridgehead atoms. The number of hydrogen-bond acceptors (Lipinski definition) is 3. The van der Waals surface area contributed by atoms with Gasteiger partial charge >= 0.3 is 0 Å². The molecule has 2 aliphatic rings. The first kappa shape index (κ1) is 25.9. The lowest BCUT2D eigenvalue weighted by Crippen LogP contribution is -2.25. The molecule has 0 amide bonds. The second kappa shape index (κ2) is 13.1. The molecule has 3 nitrogen and oxygen atoms in total. The van der Waals surface area contributed by atoms with Crippen molar-refractivity contribution in [2.75, 3.05) is 26.2 Å². The number of phenols is 1. The van der Waals surface area contributed by atoms with Crippen molar-refractivity contribution < 1.29 is 9.84 Å². The number of phenolic OH excluding ortho intramolecular Hbond substituents is 1. The lowest BCUT2D eigenvalue weighted by molar-refractivity contribution is 0.248. The fraction of sp³-hybridized carbons (Fsp3) is 0.471. The predicted octanol–water partition coefficient (Wildman–Crippen LogP) is 8.07. The van der Waals surface area contributed by atoms with Crippen LogP contribution in [-0.4, -0.2) is 36.2 Å². The number of hydrogen-bond donors (Lipinski definition) is 1. The number of nitrogens with zero attached hydrogens (tertiary/aromatic N) is 1. The van der Waals surface area contributed by atoms with Crippen LogP contribution >= 0.6 is 0 Å². The molecule has 0 aliphatic carbocycles. The van der Waals surface area contributed by atoms with Gasteiger partial charge in [-0.1, -0.05) is 86.7 Å². The Balaban J connectivity index is 1.12. The fourth-order valence-corrected chi connectivity index (χ4v) is 6.25. The number of likely N-dealkylation sites (tertiary alicyclic amines) is 1. The summed E-state index contributed by atoms with van der Waals surface area (Å²) in [5, 5.41) is 10.2. The van der Waals surface area contributed by atoms with E-state index in [0.717, 1.165) is 17.7 Å². The van der Waals surface area contributed by atoms with E-state index in [4.69, 9.17) is 4.74 Å². The summed E-state index contributed by atoms with van der Waals surface area (Å²) in [6.45, 7) is 4.64. The Hall–Kier alpha value is -2.78. The maximum Gasteiger partial charge on any atom is 0.123 e. The predicted molar refractivity (Wildman–Crippen MR) is 153 cm³/mol. The van der Waals surface area contributed by atoms with Crippen LogP contribution < -0.4 is 4.74 Å². The van der Waals surface area contributed by atoms with Gasteiger partial charge in [-0.05, 0) is 86.6 Å². The van der Waals surface area contributed by atoms with Crippen LogP contribution in [0.5, 0.6) is 11.5 Å². The minimum atomic E-state index is 0.165. The van der Waals surface area contributed by atoms with Gasteiger partial charge in [0.2, 0.25) is 0 Å². The van der Waals surface area contributed by atoms with E-state index in [9.17, 15) is 5.11 Å². The van der Waals surface area contributed by atoms with E-state index in [2.05, 4.69) is 59.5 Å². The highest BCUT2D eigenvalue weighted by atomic mass is 16.5. The molecule has 3 aromatic carbocycles. The summed E-state index contributed by atoms with van der Waals surface area (Å²) in [5.41, 5.74) is 5.07. The Bertz CT molecular complexity index is 1090. The Morgan fingerprint density at radius 3 is 2.19 bits per heavy atom. The fourth-order valence-electron chi connectivity index (χ4n) is 6.25. The van der Waals surface area contributed by atoms with Crippen molar-refractivity contribution in [1.29, 1.82) is 0 Å². The largest absolute Gasteiger partial charge is 0.508 e. The number of unbranched alkanes of at least 4 members (excludes halogenated alkanes) is 6. The summed E-state index contributed by atoms with van der Waals surface area (Å²) in [6, 6.07) is 25.4. The van der Waals surface area contributed by atoms with Gasteiger partial charge in [0, 0.05) is 17.4 Å². The summed E-state index contributed by atoms with van der Waals surface area (Å²) < 4.78 is 6.14. The first-order chi connectivity index (χ1) is 18.3. The normalized spacial score (nSPS) is 19.5. The van der Waals surface area contributed by atoms with E-state index in [-0.39, 0.29) is 11.8 Å². The number of aromatic hydroxyl groups is 1. The van der Waals surface area contributed by atoms with E-state index < -0.39 is 0 Å². The Morgan fingerprint density at radius 2 is 1.43 bits per heavy atom. The number of aryl methyl sites for hydroxylation is 1. The van der Waals surface area contributed by atoms with E-state index in [1.165, 1.54) is 94.1 Å². The van der Waals surface area contributed by atoms with Crippen LogP contribution in [-0.2, 0) is 6.42 Å². The molecule has 0 spiro atoms. The van der Waals surface area contributed by atoms with Crippen LogP contribution in [0.3, 0.4) is 0 Å². The van der Waals surface area contributed by atoms with Crippen molar-refractivity contribution in [3.05, 3.63) is 95.1 Å². The lowest BCUT2D eigenvalue weighted by Gasteiger charge is -2.34. The second-order valence-electron chi connectivity index (χ2n) is 11.0. The molecule has 2 heterocycles. The number of benzene rings is 3. The smallest absolute Gasteiger partial charge is 0.123 e. The zero-order valence-electron chi connectivity index (χ0n) is 22.3. The molecule has 3 aromatic rings. The summed E-state index contributed by atoms with van der Waals surface area (Å²) >= 11 is 0. The van der Waals surface area contributed by atoms with Crippen LogP contribution in [0.2, 0.25) is 0 Å². The zero-order valence-corrected chi connectivity index (χ0v) is 22.3. The second-order valence-corrected chi connectivity index (χ2v) is 11.0. The molecule has 2 atom stereocenters. The SMILES string of the molecule is Oc1ccc2c(c1)[C@H](c1ccc(CCCCCCCCCN3CCCC3)cc1)[C@H](c1ccccc1)CO2. The van der Waals surface area contributed by atoms with Crippen LogP contribution in [0, 0.1) is 0 Å². The van der Waals surface area contributed by atoms with Crippen molar-refractivity contribution in [2.24, 2.45) is 0 Å². The van der Waals surface area contributed by atoms with Gasteiger partial charge in [0.05, 0.1) is 6.61 Å². The maximum atomic E-state index is 10.2. The molecule has 3 heteroatoms. The van der Waals surface area contributed by atoms with Gasteiger partial charge in [-0.3, -0.25) is 0 Å². The first-order valence-corrected chi connectivity index (χ1v) is 14.6. The van der Waals surface area contributed by atoms with E-state index in [1.54, 1.807) is 6.07 Å². The number of fused-ring (bicyclic) bond motifs is 1. The van der Waals surface area contributed by atoms with Crippen LogP contribution in [0.4, 0.5) is 0 Å². The van der Waals surface area contributed by atoms with Crippen molar-refractivity contribution in [3.63, 3.8) is 0 Å². The van der Waals surface area contributed by atoms with Gasteiger partial charge in [0.1, 0.15) is 11.5 Å². The molecule has 0 radical (unpaired) electrons. The third kappa shape index (κ3) is 6.96. The Labute approximate surface area is 223 Å². The first-order valence-electron chi connectivity index (χ1n) is 14.6. The van der Waals surface area contributed by atoms with Crippen LogP contribution in [0.25, 0.3) is 0 Å². The van der Waals surface area contributed by atoms with Crippen molar-refractivity contribution >= 4 is 0 Å². The van der Waals surface area contributed by atoms with E-state index >= 15 is 0 Å². The minimum Gasteiger partial charge on any atom is -0.508 e. The molecule has 0 unspecified atom stereocenters.